The van der Waals surface area contributed by atoms with Crippen LogP contribution in [0, 0.1) is 0 Å². The van der Waals surface area contributed by atoms with Crippen LogP contribution in [0.2, 0.25) is 0 Å². The second-order valence-electron chi connectivity index (χ2n) is 4.51. The fourth-order valence-corrected chi connectivity index (χ4v) is 2.34. The molecule has 5 nitrogen and oxygen atoms in total. The molecule has 20 heavy (non-hydrogen) atoms. The summed E-state index contributed by atoms with van der Waals surface area (Å²) in [6.07, 6.45) is 0. The molecule has 2 aromatic rings. The molecule has 0 saturated carbocycles. The Morgan fingerprint density at radius 1 is 1.35 bits per heavy atom. The highest BCUT2D eigenvalue weighted by atomic mass is 35.5. The van der Waals surface area contributed by atoms with Crippen LogP contribution in [0.1, 0.15) is 31.1 Å². The molecule has 2 atom stereocenters. The highest BCUT2D eigenvalue weighted by Crippen LogP contribution is 2.30. The Balaban J connectivity index is 2.66. The van der Waals surface area contributed by atoms with Crippen LogP contribution in [-0.4, -0.2) is 29.7 Å². The maximum atomic E-state index is 11.8. The predicted molar refractivity (Wildman–Crippen MR) is 77.3 cm³/mol. The van der Waals surface area contributed by atoms with Gasteiger partial charge in [-0.25, -0.2) is 9.78 Å². The van der Waals surface area contributed by atoms with Gasteiger partial charge < -0.3 is 14.0 Å². The van der Waals surface area contributed by atoms with E-state index in [0.29, 0.717) is 11.6 Å². The zero-order valence-corrected chi connectivity index (χ0v) is 12.6. The third-order valence-corrected chi connectivity index (χ3v) is 3.40. The molecule has 0 spiro atoms. The van der Waals surface area contributed by atoms with Gasteiger partial charge >= 0.3 is 5.97 Å². The lowest BCUT2D eigenvalue weighted by molar-refractivity contribution is -0.143. The van der Waals surface area contributed by atoms with Gasteiger partial charge in [0.2, 0.25) is 0 Å². The van der Waals surface area contributed by atoms with Crippen molar-refractivity contribution in [1.29, 1.82) is 0 Å². The molecule has 108 valence electrons. The lowest BCUT2D eigenvalue weighted by Gasteiger charge is -2.16. The van der Waals surface area contributed by atoms with Crippen molar-refractivity contribution >= 4 is 28.6 Å². The third-order valence-electron chi connectivity index (χ3n) is 3.21. The van der Waals surface area contributed by atoms with Gasteiger partial charge in [-0.1, -0.05) is 0 Å². The van der Waals surface area contributed by atoms with Crippen molar-refractivity contribution in [3.05, 3.63) is 24.0 Å². The molecular weight excluding hydrogens is 280 g/mol. The minimum absolute atomic E-state index is 0.319. The molecule has 0 fully saturated rings. The molecule has 0 bridgehead atoms. The van der Waals surface area contributed by atoms with Crippen LogP contribution in [0.25, 0.3) is 11.0 Å². The minimum atomic E-state index is -0.491. The first-order valence-corrected chi connectivity index (χ1v) is 6.71. The molecule has 6 heteroatoms. The number of imidazole rings is 1. The number of hydrogen-bond donors (Lipinski definition) is 0. The summed E-state index contributed by atoms with van der Waals surface area (Å²) < 4.78 is 11.8. The van der Waals surface area contributed by atoms with Gasteiger partial charge in [0.25, 0.3) is 0 Å². The molecule has 0 saturated heterocycles. The van der Waals surface area contributed by atoms with Crippen LogP contribution in [0.3, 0.4) is 0 Å². The van der Waals surface area contributed by atoms with Crippen LogP contribution in [-0.2, 0) is 9.53 Å². The van der Waals surface area contributed by atoms with E-state index < -0.39 is 6.04 Å². The molecular formula is C14H17ClN2O3. The highest BCUT2D eigenvalue weighted by molar-refractivity contribution is 6.20. The van der Waals surface area contributed by atoms with Crippen LogP contribution >= 0.6 is 11.6 Å². The number of carbonyl (C=O) groups is 1. The Morgan fingerprint density at radius 2 is 2.05 bits per heavy atom. The number of nitrogens with zero attached hydrogens (tertiary/aromatic N) is 2. The van der Waals surface area contributed by atoms with Gasteiger partial charge in [0.05, 0.1) is 30.6 Å². The first-order valence-electron chi connectivity index (χ1n) is 6.27. The summed E-state index contributed by atoms with van der Waals surface area (Å²) >= 11 is 6.18. The Kier molecular flexibility index (Phi) is 4.18. The number of rotatable bonds is 4. The Morgan fingerprint density at radius 3 is 2.60 bits per heavy atom. The fourth-order valence-electron chi connectivity index (χ4n) is 2.19. The number of methoxy groups -OCH3 is 2. The maximum Gasteiger partial charge on any atom is 0.328 e. The van der Waals surface area contributed by atoms with Crippen molar-refractivity contribution in [3.63, 3.8) is 0 Å². The molecule has 0 aliphatic rings. The molecule has 1 heterocycles. The summed E-state index contributed by atoms with van der Waals surface area (Å²) in [7, 11) is 2.96. The lowest BCUT2D eigenvalue weighted by atomic mass is 10.2. The Labute approximate surface area is 122 Å². The molecule has 0 radical (unpaired) electrons. The van der Waals surface area contributed by atoms with Crippen LogP contribution in [0.15, 0.2) is 18.2 Å². The molecule has 1 aromatic heterocycles. The standard InChI is InChI=1S/C14H17ClN2O3/c1-8(15)13-16-11-7-10(19-3)5-6-12(11)17(13)9(2)14(18)20-4/h5-9H,1-4H3. The first kappa shape index (κ1) is 14.7. The smallest absolute Gasteiger partial charge is 0.328 e. The third kappa shape index (κ3) is 2.45. The topological polar surface area (TPSA) is 53.4 Å². The van der Waals surface area contributed by atoms with Crippen molar-refractivity contribution in [2.24, 2.45) is 0 Å². The van der Waals surface area contributed by atoms with Crippen molar-refractivity contribution in [2.45, 2.75) is 25.3 Å². The number of ether oxygens (including phenoxy) is 2. The first-order chi connectivity index (χ1) is 9.49. The number of benzene rings is 1. The predicted octanol–water partition coefficient (Wildman–Crippen LogP) is 3.08. The van der Waals surface area contributed by atoms with E-state index in [1.165, 1.54) is 7.11 Å². The Bertz CT molecular complexity index is 637. The van der Waals surface area contributed by atoms with Crippen LogP contribution in [0.4, 0.5) is 0 Å². The van der Waals surface area contributed by atoms with E-state index in [9.17, 15) is 4.79 Å². The summed E-state index contributed by atoms with van der Waals surface area (Å²) in [5.41, 5.74) is 1.56. The van der Waals surface area contributed by atoms with E-state index in [1.54, 1.807) is 18.6 Å². The van der Waals surface area contributed by atoms with Crippen molar-refractivity contribution in [3.8, 4) is 5.75 Å². The number of hydrogen-bond acceptors (Lipinski definition) is 4. The normalized spacial score (nSPS) is 14.1. The average Bonchev–Trinajstić information content (AvgIpc) is 2.83. The molecule has 1 aromatic carbocycles. The van der Waals surface area contributed by atoms with Gasteiger partial charge in [0.15, 0.2) is 0 Å². The van der Waals surface area contributed by atoms with E-state index in [4.69, 9.17) is 21.1 Å². The van der Waals surface area contributed by atoms with Gasteiger partial charge in [-0.2, -0.15) is 0 Å². The van der Waals surface area contributed by atoms with E-state index in [0.717, 1.165) is 11.0 Å². The van der Waals surface area contributed by atoms with Gasteiger partial charge in [-0.05, 0) is 26.0 Å². The van der Waals surface area contributed by atoms with Crippen molar-refractivity contribution in [2.75, 3.05) is 14.2 Å². The number of esters is 1. The zero-order chi connectivity index (χ0) is 14.9. The van der Waals surface area contributed by atoms with E-state index >= 15 is 0 Å². The molecule has 0 aliphatic heterocycles. The largest absolute Gasteiger partial charge is 0.497 e. The SMILES string of the molecule is COC(=O)C(C)n1c(C(C)Cl)nc2cc(OC)ccc21. The van der Waals surface area contributed by atoms with Crippen LogP contribution < -0.4 is 4.74 Å². The summed E-state index contributed by atoms with van der Waals surface area (Å²) in [6, 6.07) is 5.02. The number of halogens is 1. The summed E-state index contributed by atoms with van der Waals surface area (Å²) in [5.74, 6) is 1.01. The maximum absolute atomic E-state index is 11.8. The van der Waals surface area contributed by atoms with Crippen LogP contribution in [0.5, 0.6) is 5.75 Å². The van der Waals surface area contributed by atoms with Gasteiger partial charge in [-0.3, -0.25) is 0 Å². The summed E-state index contributed by atoms with van der Waals surface area (Å²) in [5, 5.41) is -0.319. The quantitative estimate of drug-likeness (QED) is 0.643. The highest BCUT2D eigenvalue weighted by Gasteiger charge is 2.24. The molecule has 0 amide bonds. The molecule has 2 unspecified atom stereocenters. The van der Waals surface area contributed by atoms with E-state index in [2.05, 4.69) is 4.98 Å². The number of aromatic nitrogens is 2. The lowest BCUT2D eigenvalue weighted by Crippen LogP contribution is -2.20. The van der Waals surface area contributed by atoms with Gasteiger partial charge in [0.1, 0.15) is 17.6 Å². The number of fused-ring (bicyclic) bond motifs is 1. The van der Waals surface area contributed by atoms with Gasteiger partial charge in [0, 0.05) is 6.07 Å². The van der Waals surface area contributed by atoms with Gasteiger partial charge in [-0.15, -0.1) is 11.6 Å². The molecule has 0 N–H and O–H groups in total. The van der Waals surface area contributed by atoms with E-state index in [1.807, 2.05) is 25.1 Å². The fraction of sp³-hybridized carbons (Fsp3) is 0.429. The van der Waals surface area contributed by atoms with E-state index in [-0.39, 0.29) is 11.3 Å². The average molecular weight is 297 g/mol. The number of alkyl halides is 1. The molecule has 2 rings (SSSR count). The summed E-state index contributed by atoms with van der Waals surface area (Å²) in [6.45, 7) is 3.58. The minimum Gasteiger partial charge on any atom is -0.497 e. The Hall–Kier alpha value is -1.75. The number of carbonyl (C=O) groups excluding carboxylic acids is 1. The van der Waals surface area contributed by atoms with Crippen molar-refractivity contribution in [1.82, 2.24) is 9.55 Å². The van der Waals surface area contributed by atoms with Crippen molar-refractivity contribution < 1.29 is 14.3 Å². The monoisotopic (exact) mass is 296 g/mol. The second kappa shape index (κ2) is 5.71. The molecule has 0 aliphatic carbocycles. The zero-order valence-electron chi connectivity index (χ0n) is 11.9. The second-order valence-corrected chi connectivity index (χ2v) is 5.16. The summed E-state index contributed by atoms with van der Waals surface area (Å²) in [4.78, 5) is 16.3.